The Hall–Kier alpha value is -1.59. The van der Waals surface area contributed by atoms with Crippen LogP contribution in [-0.4, -0.2) is 52.8 Å². The number of carbonyl (C=O) groups excluding carboxylic acids is 3. The fraction of sp³-hybridized carbons (Fsp3) is 0.769. The lowest BCUT2D eigenvalue weighted by Gasteiger charge is -2.32. The van der Waals surface area contributed by atoms with Crippen molar-refractivity contribution < 1.29 is 14.4 Å². The van der Waals surface area contributed by atoms with Crippen molar-refractivity contribution in [3.05, 3.63) is 0 Å². The van der Waals surface area contributed by atoms with Crippen LogP contribution in [0.25, 0.3) is 0 Å². The first kappa shape index (κ1) is 13.8. The van der Waals surface area contributed by atoms with Gasteiger partial charge in [0, 0.05) is 13.1 Å². The monoisotopic (exact) mass is 267 g/mol. The van der Waals surface area contributed by atoms with Crippen LogP contribution in [0, 0.1) is 0 Å². The van der Waals surface area contributed by atoms with E-state index in [-0.39, 0.29) is 18.4 Å². The second-order valence-electron chi connectivity index (χ2n) is 5.15. The Kier molecular flexibility index (Phi) is 3.78. The minimum absolute atomic E-state index is 0.000741. The maximum atomic E-state index is 12.1. The second-order valence-corrected chi connectivity index (χ2v) is 5.15. The molecule has 0 unspecified atom stereocenters. The molecule has 0 atom stereocenters. The van der Waals surface area contributed by atoms with E-state index in [0.29, 0.717) is 25.9 Å². The van der Waals surface area contributed by atoms with Crippen molar-refractivity contribution in [2.24, 2.45) is 0 Å². The van der Waals surface area contributed by atoms with Gasteiger partial charge in [0.1, 0.15) is 12.1 Å². The molecule has 6 nitrogen and oxygen atoms in total. The summed E-state index contributed by atoms with van der Waals surface area (Å²) < 4.78 is 0. The number of rotatable bonds is 4. The van der Waals surface area contributed by atoms with Crippen molar-refractivity contribution in [1.29, 1.82) is 0 Å². The molecule has 0 radical (unpaired) electrons. The predicted molar refractivity (Wildman–Crippen MR) is 69.4 cm³/mol. The third-order valence-corrected chi connectivity index (χ3v) is 4.25. The number of nitrogens with zero attached hydrogens (tertiary/aromatic N) is 2. The summed E-state index contributed by atoms with van der Waals surface area (Å²) in [4.78, 5) is 39.2. The summed E-state index contributed by atoms with van der Waals surface area (Å²) in [6.45, 7) is 5.04. The normalized spacial score (nSPS) is 21.1. The maximum Gasteiger partial charge on any atom is 0.325 e. The zero-order chi connectivity index (χ0) is 14.0. The number of nitrogens with one attached hydrogen (secondary N) is 1. The van der Waals surface area contributed by atoms with Crippen LogP contribution < -0.4 is 5.32 Å². The standard InChI is InChI=1S/C13H21N3O3/c1-3-15(4-2)10(17)9-16-12(19)14-11(18)13(16)7-5-6-8-13/h3-9H2,1-2H3,(H,14,18,19). The molecule has 0 aromatic rings. The van der Waals surface area contributed by atoms with Crippen LogP contribution in [0.3, 0.4) is 0 Å². The summed E-state index contributed by atoms with van der Waals surface area (Å²) in [6.07, 6.45) is 3.18. The van der Waals surface area contributed by atoms with Crippen molar-refractivity contribution >= 4 is 17.8 Å². The highest BCUT2D eigenvalue weighted by molar-refractivity contribution is 6.08. The number of carbonyl (C=O) groups is 3. The molecule has 1 N–H and O–H groups in total. The highest BCUT2D eigenvalue weighted by Gasteiger charge is 2.54. The van der Waals surface area contributed by atoms with E-state index >= 15 is 0 Å². The predicted octanol–water partition coefficient (Wildman–Crippen LogP) is 0.719. The molecule has 1 spiro atoms. The third-order valence-electron chi connectivity index (χ3n) is 4.25. The van der Waals surface area contributed by atoms with E-state index < -0.39 is 11.6 Å². The Balaban J connectivity index is 2.15. The molecule has 1 aliphatic carbocycles. The van der Waals surface area contributed by atoms with Gasteiger partial charge in [-0.05, 0) is 26.7 Å². The summed E-state index contributed by atoms with van der Waals surface area (Å²) in [5, 5.41) is 2.36. The second kappa shape index (κ2) is 5.19. The number of hydrogen-bond donors (Lipinski definition) is 1. The molecule has 2 fully saturated rings. The van der Waals surface area contributed by atoms with E-state index in [2.05, 4.69) is 5.32 Å². The van der Waals surface area contributed by atoms with Gasteiger partial charge < -0.3 is 9.80 Å². The van der Waals surface area contributed by atoms with E-state index in [1.807, 2.05) is 13.8 Å². The van der Waals surface area contributed by atoms with E-state index in [9.17, 15) is 14.4 Å². The Labute approximate surface area is 113 Å². The molecule has 2 aliphatic rings. The molecule has 0 aromatic carbocycles. The minimum Gasteiger partial charge on any atom is -0.342 e. The number of amides is 4. The molecule has 106 valence electrons. The van der Waals surface area contributed by atoms with Gasteiger partial charge in [-0.25, -0.2) is 4.79 Å². The first-order valence-corrected chi connectivity index (χ1v) is 6.96. The Morgan fingerprint density at radius 2 is 1.84 bits per heavy atom. The fourth-order valence-corrected chi connectivity index (χ4v) is 3.09. The van der Waals surface area contributed by atoms with Crippen LogP contribution >= 0.6 is 0 Å². The molecule has 6 heteroatoms. The molecular weight excluding hydrogens is 246 g/mol. The van der Waals surface area contributed by atoms with Crippen molar-refractivity contribution in [3.8, 4) is 0 Å². The number of urea groups is 1. The van der Waals surface area contributed by atoms with E-state index in [0.717, 1.165) is 12.8 Å². The number of hydrogen-bond acceptors (Lipinski definition) is 3. The van der Waals surface area contributed by atoms with Crippen molar-refractivity contribution in [1.82, 2.24) is 15.1 Å². The minimum atomic E-state index is -0.764. The van der Waals surface area contributed by atoms with Crippen molar-refractivity contribution in [2.75, 3.05) is 19.6 Å². The Morgan fingerprint density at radius 3 is 2.37 bits per heavy atom. The molecule has 0 aromatic heterocycles. The van der Waals surface area contributed by atoms with Gasteiger partial charge in [-0.1, -0.05) is 12.8 Å². The highest BCUT2D eigenvalue weighted by atomic mass is 16.2. The SMILES string of the molecule is CCN(CC)C(=O)CN1C(=O)NC(=O)C12CCCC2. The average Bonchev–Trinajstić information content (AvgIpc) is 2.94. The fourth-order valence-electron chi connectivity index (χ4n) is 3.09. The zero-order valence-electron chi connectivity index (χ0n) is 11.6. The summed E-state index contributed by atoms with van der Waals surface area (Å²) >= 11 is 0. The largest absolute Gasteiger partial charge is 0.342 e. The van der Waals surface area contributed by atoms with Gasteiger partial charge in [0.15, 0.2) is 0 Å². The number of likely N-dealkylation sites (N-methyl/N-ethyl adjacent to an activating group) is 1. The quantitative estimate of drug-likeness (QED) is 0.763. The Morgan fingerprint density at radius 1 is 1.26 bits per heavy atom. The first-order chi connectivity index (χ1) is 9.05. The van der Waals surface area contributed by atoms with Gasteiger partial charge in [-0.15, -0.1) is 0 Å². The van der Waals surface area contributed by atoms with E-state index in [1.54, 1.807) is 4.90 Å². The lowest BCUT2D eigenvalue weighted by atomic mass is 9.96. The van der Waals surface area contributed by atoms with Crippen molar-refractivity contribution in [3.63, 3.8) is 0 Å². The van der Waals surface area contributed by atoms with Gasteiger partial charge in [0.25, 0.3) is 5.91 Å². The molecular formula is C13H21N3O3. The van der Waals surface area contributed by atoms with Crippen LogP contribution in [-0.2, 0) is 9.59 Å². The molecule has 1 saturated heterocycles. The number of imide groups is 1. The molecule has 0 bridgehead atoms. The topological polar surface area (TPSA) is 69.7 Å². The summed E-state index contributed by atoms with van der Waals surface area (Å²) in [5.74, 6) is -0.330. The summed E-state index contributed by atoms with van der Waals surface area (Å²) in [7, 11) is 0. The molecule has 2 rings (SSSR count). The Bertz CT molecular complexity index is 398. The van der Waals surface area contributed by atoms with Gasteiger partial charge >= 0.3 is 6.03 Å². The van der Waals surface area contributed by atoms with Crippen LogP contribution in [0.4, 0.5) is 4.79 Å². The summed E-state index contributed by atoms with van der Waals surface area (Å²) in [5.41, 5.74) is -0.764. The molecule has 1 saturated carbocycles. The smallest absolute Gasteiger partial charge is 0.325 e. The van der Waals surface area contributed by atoms with Crippen LogP contribution in [0.1, 0.15) is 39.5 Å². The van der Waals surface area contributed by atoms with Crippen LogP contribution in [0.2, 0.25) is 0 Å². The van der Waals surface area contributed by atoms with Crippen LogP contribution in [0.5, 0.6) is 0 Å². The lowest BCUT2D eigenvalue weighted by molar-refractivity contribution is -0.133. The van der Waals surface area contributed by atoms with Gasteiger partial charge in [-0.3, -0.25) is 14.9 Å². The molecule has 19 heavy (non-hydrogen) atoms. The third kappa shape index (κ3) is 2.19. The maximum absolute atomic E-state index is 12.1. The van der Waals surface area contributed by atoms with Gasteiger partial charge in [0.05, 0.1) is 0 Å². The average molecular weight is 267 g/mol. The summed E-state index contributed by atoms with van der Waals surface area (Å²) in [6, 6.07) is -0.424. The molecule has 1 heterocycles. The van der Waals surface area contributed by atoms with Crippen LogP contribution in [0.15, 0.2) is 0 Å². The lowest BCUT2D eigenvalue weighted by Crippen LogP contribution is -2.51. The van der Waals surface area contributed by atoms with E-state index in [1.165, 1.54) is 4.90 Å². The molecule has 1 aliphatic heterocycles. The highest BCUT2D eigenvalue weighted by Crippen LogP contribution is 2.38. The van der Waals surface area contributed by atoms with Crippen molar-refractivity contribution in [2.45, 2.75) is 45.1 Å². The van der Waals surface area contributed by atoms with Gasteiger partial charge in [0.2, 0.25) is 5.91 Å². The van der Waals surface area contributed by atoms with E-state index in [4.69, 9.17) is 0 Å². The first-order valence-electron chi connectivity index (χ1n) is 6.96. The van der Waals surface area contributed by atoms with Gasteiger partial charge in [-0.2, -0.15) is 0 Å². The molecule has 4 amide bonds. The zero-order valence-corrected chi connectivity index (χ0v) is 11.6.